The minimum atomic E-state index is -0.673. The lowest BCUT2D eigenvalue weighted by atomic mass is 10.1. The molecule has 146 valence electrons. The number of esters is 2. The van der Waals surface area contributed by atoms with Crippen molar-refractivity contribution in [1.82, 2.24) is 19.8 Å². The first-order valence-corrected chi connectivity index (χ1v) is 9.17. The fraction of sp³-hybridized carbons (Fsp3) is 0.316. The van der Waals surface area contributed by atoms with Crippen LogP contribution in [-0.2, 0) is 20.7 Å². The van der Waals surface area contributed by atoms with E-state index >= 15 is 0 Å². The smallest absolute Gasteiger partial charge is 0.360 e. The molecule has 2 aromatic heterocycles. The van der Waals surface area contributed by atoms with Crippen LogP contribution >= 0.6 is 11.6 Å². The van der Waals surface area contributed by atoms with Gasteiger partial charge in [-0.05, 0) is 38.5 Å². The number of rotatable bonds is 6. The lowest BCUT2D eigenvalue weighted by molar-refractivity contribution is -0.142. The summed E-state index contributed by atoms with van der Waals surface area (Å²) in [4.78, 5) is 24.4. The van der Waals surface area contributed by atoms with Gasteiger partial charge in [0.15, 0.2) is 11.3 Å². The fourth-order valence-electron chi connectivity index (χ4n) is 2.90. The van der Waals surface area contributed by atoms with Crippen molar-refractivity contribution in [2.24, 2.45) is 0 Å². The molecule has 0 aliphatic heterocycles. The summed E-state index contributed by atoms with van der Waals surface area (Å²) >= 11 is 6.12. The van der Waals surface area contributed by atoms with Gasteiger partial charge in [-0.25, -0.2) is 9.31 Å². The van der Waals surface area contributed by atoms with E-state index in [0.717, 1.165) is 11.1 Å². The van der Waals surface area contributed by atoms with Crippen LogP contribution < -0.4 is 0 Å². The van der Waals surface area contributed by atoms with Crippen molar-refractivity contribution < 1.29 is 19.1 Å². The Morgan fingerprint density at radius 1 is 1.14 bits per heavy atom. The first-order valence-electron chi connectivity index (χ1n) is 8.79. The normalized spacial score (nSPS) is 10.9. The van der Waals surface area contributed by atoms with Crippen LogP contribution in [0, 0.1) is 6.92 Å². The zero-order valence-electron chi connectivity index (χ0n) is 15.7. The number of fused-ring (bicyclic) bond motifs is 1. The van der Waals surface area contributed by atoms with Gasteiger partial charge in [-0.1, -0.05) is 23.7 Å². The van der Waals surface area contributed by atoms with E-state index < -0.39 is 11.9 Å². The second-order valence-corrected chi connectivity index (χ2v) is 6.34. The molecule has 9 heteroatoms. The third-order valence-electron chi connectivity index (χ3n) is 4.01. The number of ether oxygens (including phenoxy) is 2. The highest BCUT2D eigenvalue weighted by Gasteiger charge is 2.25. The molecule has 0 atom stereocenters. The summed E-state index contributed by atoms with van der Waals surface area (Å²) in [5, 5.41) is 13.3. The standard InChI is InChI=1S/C19H19ClN4O4/c1-4-27-15(25)10-14-17(19(26)28-5-2)21-22-18-16(11(3)23-24(14)18)12-7-6-8-13(20)9-12/h6-9H,4-5,10H2,1-3H3. The van der Waals surface area contributed by atoms with Gasteiger partial charge in [0.1, 0.15) is 0 Å². The van der Waals surface area contributed by atoms with Crippen LogP contribution in [0.25, 0.3) is 16.8 Å². The number of carbonyl (C=O) groups is 2. The molecule has 3 aromatic rings. The number of hydrogen-bond acceptors (Lipinski definition) is 7. The SMILES string of the molecule is CCOC(=O)Cc1c(C(=O)OCC)nnc2c(-c3cccc(Cl)c3)c(C)nn12. The Balaban J connectivity index is 2.22. The quantitative estimate of drug-likeness (QED) is 0.584. The van der Waals surface area contributed by atoms with Gasteiger partial charge in [0.25, 0.3) is 0 Å². The van der Waals surface area contributed by atoms with Crippen molar-refractivity contribution in [3.8, 4) is 11.1 Å². The van der Waals surface area contributed by atoms with Crippen LogP contribution in [0.4, 0.5) is 0 Å². The molecule has 0 unspecified atom stereocenters. The summed E-state index contributed by atoms with van der Waals surface area (Å²) in [6.07, 6.45) is -0.190. The molecule has 0 aliphatic carbocycles. The summed E-state index contributed by atoms with van der Waals surface area (Å²) in [5.41, 5.74) is 2.78. The highest BCUT2D eigenvalue weighted by molar-refractivity contribution is 6.30. The monoisotopic (exact) mass is 402 g/mol. The van der Waals surface area contributed by atoms with Gasteiger partial charge in [0, 0.05) is 5.02 Å². The summed E-state index contributed by atoms with van der Waals surface area (Å²) in [6, 6.07) is 7.25. The molecule has 0 radical (unpaired) electrons. The van der Waals surface area contributed by atoms with E-state index in [2.05, 4.69) is 15.3 Å². The van der Waals surface area contributed by atoms with Gasteiger partial charge in [0.2, 0.25) is 0 Å². The van der Waals surface area contributed by atoms with Crippen LogP contribution in [-0.4, -0.2) is 45.0 Å². The Bertz CT molecular complexity index is 1050. The molecule has 0 aliphatic rings. The number of nitrogens with zero attached hydrogens (tertiary/aromatic N) is 4. The molecule has 0 amide bonds. The predicted molar refractivity (Wildman–Crippen MR) is 102 cm³/mol. The number of aryl methyl sites for hydroxylation is 1. The van der Waals surface area contributed by atoms with Crippen molar-refractivity contribution in [3.63, 3.8) is 0 Å². The van der Waals surface area contributed by atoms with Crippen LogP contribution in [0.5, 0.6) is 0 Å². The highest BCUT2D eigenvalue weighted by Crippen LogP contribution is 2.29. The lowest BCUT2D eigenvalue weighted by Crippen LogP contribution is -2.20. The van der Waals surface area contributed by atoms with Crippen molar-refractivity contribution in [3.05, 3.63) is 46.4 Å². The molecule has 0 saturated heterocycles. The second kappa shape index (κ2) is 8.35. The zero-order valence-corrected chi connectivity index (χ0v) is 16.5. The van der Waals surface area contributed by atoms with Gasteiger partial charge in [-0.2, -0.15) is 5.10 Å². The average molecular weight is 403 g/mol. The first kappa shape index (κ1) is 19.8. The maximum absolute atomic E-state index is 12.3. The van der Waals surface area contributed by atoms with Gasteiger partial charge in [-0.3, -0.25) is 4.79 Å². The summed E-state index contributed by atoms with van der Waals surface area (Å²) < 4.78 is 11.5. The Morgan fingerprint density at radius 2 is 1.89 bits per heavy atom. The van der Waals surface area contributed by atoms with E-state index in [-0.39, 0.29) is 31.0 Å². The van der Waals surface area contributed by atoms with Gasteiger partial charge in [-0.15, -0.1) is 10.2 Å². The van der Waals surface area contributed by atoms with Crippen LogP contribution in [0.2, 0.25) is 5.02 Å². The number of hydrogen-bond donors (Lipinski definition) is 0. The summed E-state index contributed by atoms with van der Waals surface area (Å²) in [7, 11) is 0. The Kier molecular flexibility index (Phi) is 5.89. The lowest BCUT2D eigenvalue weighted by Gasteiger charge is -2.09. The molecule has 28 heavy (non-hydrogen) atoms. The largest absolute Gasteiger partial charge is 0.466 e. The van der Waals surface area contributed by atoms with Crippen molar-refractivity contribution in [2.45, 2.75) is 27.2 Å². The van der Waals surface area contributed by atoms with Crippen molar-refractivity contribution in [1.29, 1.82) is 0 Å². The fourth-order valence-corrected chi connectivity index (χ4v) is 3.09. The van der Waals surface area contributed by atoms with E-state index in [1.807, 2.05) is 19.1 Å². The molecule has 0 bridgehead atoms. The van der Waals surface area contributed by atoms with Crippen molar-refractivity contribution in [2.75, 3.05) is 13.2 Å². The number of carbonyl (C=O) groups excluding carboxylic acids is 2. The number of aromatic nitrogens is 4. The number of benzene rings is 1. The van der Waals surface area contributed by atoms with Gasteiger partial charge < -0.3 is 9.47 Å². The summed E-state index contributed by atoms with van der Waals surface area (Å²) in [6.45, 7) is 5.59. The third-order valence-corrected chi connectivity index (χ3v) is 4.24. The maximum Gasteiger partial charge on any atom is 0.360 e. The number of halogens is 1. The van der Waals surface area contributed by atoms with Crippen molar-refractivity contribution >= 4 is 29.2 Å². The van der Waals surface area contributed by atoms with Gasteiger partial charge >= 0.3 is 11.9 Å². The predicted octanol–water partition coefficient (Wildman–Crippen LogP) is 3.04. The Morgan fingerprint density at radius 3 is 2.57 bits per heavy atom. The average Bonchev–Trinajstić information content (AvgIpc) is 2.98. The van der Waals surface area contributed by atoms with Gasteiger partial charge in [0.05, 0.1) is 36.6 Å². The second-order valence-electron chi connectivity index (χ2n) is 5.90. The van der Waals surface area contributed by atoms with Crippen LogP contribution in [0.3, 0.4) is 0 Å². The van der Waals surface area contributed by atoms with E-state index in [9.17, 15) is 9.59 Å². The molecule has 1 aromatic carbocycles. The third kappa shape index (κ3) is 3.82. The summed E-state index contributed by atoms with van der Waals surface area (Å²) in [5.74, 6) is -1.17. The van der Waals surface area contributed by atoms with E-state index in [1.54, 1.807) is 26.0 Å². The first-order chi connectivity index (χ1) is 13.5. The molecule has 0 fully saturated rings. The maximum atomic E-state index is 12.3. The molecule has 0 spiro atoms. The van der Waals surface area contributed by atoms with E-state index in [1.165, 1.54) is 4.52 Å². The molecule has 0 N–H and O–H groups in total. The molecule has 8 nitrogen and oxygen atoms in total. The Hall–Kier alpha value is -3.00. The molecule has 2 heterocycles. The molecular formula is C19H19ClN4O4. The minimum absolute atomic E-state index is 0.0671. The van der Waals surface area contributed by atoms with Crippen LogP contribution in [0.1, 0.15) is 35.7 Å². The minimum Gasteiger partial charge on any atom is -0.466 e. The molecular weight excluding hydrogens is 384 g/mol. The van der Waals surface area contributed by atoms with E-state index in [4.69, 9.17) is 21.1 Å². The molecule has 3 rings (SSSR count). The highest BCUT2D eigenvalue weighted by atomic mass is 35.5. The zero-order chi connectivity index (χ0) is 20.3. The topological polar surface area (TPSA) is 95.7 Å². The van der Waals surface area contributed by atoms with E-state index in [0.29, 0.717) is 16.4 Å². The molecule has 0 saturated carbocycles. The van der Waals surface area contributed by atoms with Crippen LogP contribution in [0.15, 0.2) is 24.3 Å². The Labute approximate surface area is 166 Å².